The molecule has 0 amide bonds. The minimum absolute atomic E-state index is 0.168. The molecule has 0 saturated heterocycles. The lowest BCUT2D eigenvalue weighted by Crippen LogP contribution is -2.51. The van der Waals surface area contributed by atoms with Gasteiger partial charge in [0.15, 0.2) is 0 Å². The number of hydrogen-bond acceptors (Lipinski definition) is 3. The molecule has 0 atom stereocenters. The standard InChI is InChI=1S/C18H20O4S/c1-14-7-9-16(10-8-14)18(23(19,20)21)11-17(12-18)22-13-15-5-3-2-4-6-15/h2-10,17H,11-13H2,1H3,(H,19,20,21). The molecule has 3 rings (SSSR count). The van der Waals surface area contributed by atoms with Crippen molar-refractivity contribution in [3.05, 3.63) is 71.3 Å². The van der Waals surface area contributed by atoms with Gasteiger partial charge in [0, 0.05) is 0 Å². The third-order valence-electron chi connectivity index (χ3n) is 4.51. The summed E-state index contributed by atoms with van der Waals surface area (Å²) in [4.78, 5) is 0. The molecule has 0 heterocycles. The predicted octanol–water partition coefficient (Wildman–Crippen LogP) is 3.46. The molecular formula is C18H20O4S. The van der Waals surface area contributed by atoms with Crippen molar-refractivity contribution in [2.45, 2.75) is 37.2 Å². The lowest BCUT2D eigenvalue weighted by Gasteiger charge is -2.45. The van der Waals surface area contributed by atoms with Crippen LogP contribution >= 0.6 is 0 Å². The van der Waals surface area contributed by atoms with Gasteiger partial charge in [-0.3, -0.25) is 4.55 Å². The van der Waals surface area contributed by atoms with Crippen LogP contribution in [0.4, 0.5) is 0 Å². The minimum atomic E-state index is -4.19. The van der Waals surface area contributed by atoms with E-state index < -0.39 is 14.9 Å². The highest BCUT2D eigenvalue weighted by Crippen LogP contribution is 2.49. The average Bonchev–Trinajstić information content (AvgIpc) is 2.47. The fourth-order valence-corrected chi connectivity index (χ4v) is 4.26. The molecule has 1 fully saturated rings. The maximum atomic E-state index is 11.9. The van der Waals surface area contributed by atoms with Crippen LogP contribution in [-0.2, 0) is 26.2 Å². The first-order valence-corrected chi connectivity index (χ1v) is 9.04. The Morgan fingerprint density at radius 1 is 1.09 bits per heavy atom. The number of rotatable bonds is 5. The summed E-state index contributed by atoms with van der Waals surface area (Å²) in [7, 11) is -4.19. The quantitative estimate of drug-likeness (QED) is 0.852. The van der Waals surface area contributed by atoms with Gasteiger partial charge in [0.25, 0.3) is 10.1 Å². The first-order chi connectivity index (χ1) is 10.9. The van der Waals surface area contributed by atoms with Gasteiger partial charge in [0.2, 0.25) is 0 Å². The van der Waals surface area contributed by atoms with Crippen LogP contribution in [0.25, 0.3) is 0 Å². The maximum absolute atomic E-state index is 11.9. The van der Waals surface area contributed by atoms with E-state index in [4.69, 9.17) is 4.74 Å². The number of ether oxygens (including phenoxy) is 1. The molecule has 2 aromatic rings. The minimum Gasteiger partial charge on any atom is -0.373 e. The Morgan fingerprint density at radius 3 is 2.26 bits per heavy atom. The molecule has 1 aliphatic rings. The lowest BCUT2D eigenvalue weighted by molar-refractivity contribution is -0.0340. The van der Waals surface area contributed by atoms with E-state index in [1.165, 1.54) is 0 Å². The van der Waals surface area contributed by atoms with Crippen molar-refractivity contribution < 1.29 is 17.7 Å². The second kappa shape index (κ2) is 6.07. The van der Waals surface area contributed by atoms with Crippen LogP contribution in [0.5, 0.6) is 0 Å². The van der Waals surface area contributed by atoms with Crippen LogP contribution < -0.4 is 0 Å². The molecule has 4 nitrogen and oxygen atoms in total. The van der Waals surface area contributed by atoms with Crippen LogP contribution in [0.1, 0.15) is 29.5 Å². The Morgan fingerprint density at radius 2 is 1.70 bits per heavy atom. The van der Waals surface area contributed by atoms with Gasteiger partial charge < -0.3 is 4.74 Å². The lowest BCUT2D eigenvalue weighted by atomic mass is 9.76. The van der Waals surface area contributed by atoms with Crippen molar-refractivity contribution in [1.82, 2.24) is 0 Å². The summed E-state index contributed by atoms with van der Waals surface area (Å²) in [5.74, 6) is 0. The zero-order valence-corrected chi connectivity index (χ0v) is 13.8. The molecule has 0 bridgehead atoms. The van der Waals surface area contributed by atoms with E-state index in [2.05, 4.69) is 0 Å². The van der Waals surface area contributed by atoms with Gasteiger partial charge in [-0.15, -0.1) is 0 Å². The first-order valence-electron chi connectivity index (χ1n) is 7.60. The highest BCUT2D eigenvalue weighted by molar-refractivity contribution is 7.86. The Kier molecular flexibility index (Phi) is 4.27. The molecule has 23 heavy (non-hydrogen) atoms. The van der Waals surface area contributed by atoms with Gasteiger partial charge in [-0.25, -0.2) is 0 Å². The third kappa shape index (κ3) is 3.17. The van der Waals surface area contributed by atoms with Crippen LogP contribution in [-0.4, -0.2) is 19.1 Å². The number of benzene rings is 2. The van der Waals surface area contributed by atoms with Crippen LogP contribution in [0, 0.1) is 6.92 Å². The molecule has 2 aromatic carbocycles. The van der Waals surface area contributed by atoms with Crippen molar-refractivity contribution in [2.24, 2.45) is 0 Å². The third-order valence-corrected chi connectivity index (χ3v) is 6.07. The second-order valence-corrected chi connectivity index (χ2v) is 7.89. The van der Waals surface area contributed by atoms with Gasteiger partial charge >= 0.3 is 0 Å². The maximum Gasteiger partial charge on any atom is 0.275 e. The SMILES string of the molecule is Cc1ccc(C2(S(=O)(=O)O)CC(OCc3ccccc3)C2)cc1. The van der Waals surface area contributed by atoms with Gasteiger partial charge in [0.1, 0.15) is 4.75 Å². The van der Waals surface area contributed by atoms with Crippen molar-refractivity contribution in [3.8, 4) is 0 Å². The van der Waals surface area contributed by atoms with Crippen LogP contribution in [0.2, 0.25) is 0 Å². The van der Waals surface area contributed by atoms with Gasteiger partial charge in [-0.2, -0.15) is 8.42 Å². The average molecular weight is 332 g/mol. The normalized spacial score (nSPS) is 24.2. The molecule has 1 saturated carbocycles. The number of hydrogen-bond donors (Lipinski definition) is 1. The van der Waals surface area contributed by atoms with E-state index in [-0.39, 0.29) is 18.9 Å². The summed E-state index contributed by atoms with van der Waals surface area (Å²) in [5.41, 5.74) is 2.73. The second-order valence-electron chi connectivity index (χ2n) is 6.16. The first kappa shape index (κ1) is 16.2. The summed E-state index contributed by atoms with van der Waals surface area (Å²) in [6, 6.07) is 17.0. The molecule has 0 radical (unpaired) electrons. The molecule has 0 spiro atoms. The van der Waals surface area contributed by atoms with E-state index in [0.29, 0.717) is 12.2 Å². The molecule has 0 unspecified atom stereocenters. The molecule has 0 aliphatic heterocycles. The topological polar surface area (TPSA) is 63.6 Å². The fraction of sp³-hybridized carbons (Fsp3) is 0.333. The van der Waals surface area contributed by atoms with Crippen LogP contribution in [0.3, 0.4) is 0 Å². The van der Waals surface area contributed by atoms with Crippen molar-refractivity contribution in [3.63, 3.8) is 0 Å². The summed E-state index contributed by atoms with van der Waals surface area (Å²) >= 11 is 0. The van der Waals surface area contributed by atoms with Crippen molar-refractivity contribution in [1.29, 1.82) is 0 Å². The number of aryl methyl sites for hydroxylation is 1. The molecule has 122 valence electrons. The summed E-state index contributed by atoms with van der Waals surface area (Å²) in [5, 5.41) is 0. The molecule has 0 aromatic heterocycles. The van der Waals surface area contributed by atoms with Crippen LogP contribution in [0.15, 0.2) is 54.6 Å². The highest BCUT2D eigenvalue weighted by atomic mass is 32.2. The van der Waals surface area contributed by atoms with Crippen molar-refractivity contribution in [2.75, 3.05) is 0 Å². The Balaban J connectivity index is 1.72. The van der Waals surface area contributed by atoms with E-state index >= 15 is 0 Å². The predicted molar refractivity (Wildman–Crippen MR) is 88.7 cm³/mol. The largest absolute Gasteiger partial charge is 0.373 e. The molecule has 1 N–H and O–H groups in total. The highest BCUT2D eigenvalue weighted by Gasteiger charge is 2.55. The monoisotopic (exact) mass is 332 g/mol. The summed E-state index contributed by atoms with van der Waals surface area (Å²) in [6.07, 6.45) is 0.391. The smallest absolute Gasteiger partial charge is 0.275 e. The molecular weight excluding hydrogens is 312 g/mol. The van der Waals surface area contributed by atoms with Gasteiger partial charge in [0.05, 0.1) is 12.7 Å². The Bertz CT molecular complexity index is 760. The Hall–Kier alpha value is -1.69. The Labute approximate surface area is 136 Å². The van der Waals surface area contributed by atoms with E-state index in [1.807, 2.05) is 49.4 Å². The van der Waals surface area contributed by atoms with Gasteiger partial charge in [-0.1, -0.05) is 60.2 Å². The molecule has 5 heteroatoms. The van der Waals surface area contributed by atoms with Crippen molar-refractivity contribution >= 4 is 10.1 Å². The molecule has 1 aliphatic carbocycles. The fourth-order valence-electron chi connectivity index (χ4n) is 3.03. The van der Waals surface area contributed by atoms with E-state index in [9.17, 15) is 13.0 Å². The summed E-state index contributed by atoms with van der Waals surface area (Å²) in [6.45, 7) is 2.39. The zero-order chi connectivity index (χ0) is 16.5. The van der Waals surface area contributed by atoms with E-state index in [0.717, 1.165) is 11.1 Å². The summed E-state index contributed by atoms with van der Waals surface area (Å²) < 4.78 is 38.2. The zero-order valence-electron chi connectivity index (χ0n) is 13.0. The van der Waals surface area contributed by atoms with E-state index in [1.54, 1.807) is 12.1 Å². The van der Waals surface area contributed by atoms with Gasteiger partial charge in [-0.05, 0) is 30.9 Å².